The van der Waals surface area contributed by atoms with Crippen LogP contribution in [-0.2, 0) is 9.53 Å². The van der Waals surface area contributed by atoms with Gasteiger partial charge >= 0.3 is 18.3 Å². The molecule has 0 fully saturated rings. The number of ether oxygens (including phenoxy) is 1. The fraction of sp³-hybridized carbons (Fsp3) is 0.571. The van der Waals surface area contributed by atoms with E-state index in [0.717, 1.165) is 6.08 Å². The van der Waals surface area contributed by atoms with E-state index in [1.165, 1.54) is 0 Å². The van der Waals surface area contributed by atoms with Crippen molar-refractivity contribution in [1.29, 1.82) is 0 Å². The molecule has 15 heavy (non-hydrogen) atoms. The van der Waals surface area contributed by atoms with Crippen LogP contribution in [0.1, 0.15) is 6.42 Å². The Morgan fingerprint density at radius 1 is 1.20 bits per heavy atom. The van der Waals surface area contributed by atoms with Gasteiger partial charge in [-0.25, -0.2) is 0 Å². The fourth-order valence-corrected chi connectivity index (χ4v) is 0.617. The topological polar surface area (TPSA) is 26.3 Å². The molecule has 0 aromatic carbocycles. The second-order valence-electron chi connectivity index (χ2n) is 2.45. The van der Waals surface area contributed by atoms with Gasteiger partial charge in [0.1, 0.15) is 0 Å². The number of esters is 1. The van der Waals surface area contributed by atoms with Crippen LogP contribution in [0.2, 0.25) is 0 Å². The van der Waals surface area contributed by atoms with Crippen LogP contribution in [-0.4, -0.2) is 24.4 Å². The highest BCUT2D eigenvalue weighted by molar-refractivity contribution is 5.71. The Hall–Kier alpha value is -1.21. The Morgan fingerprint density at radius 3 is 1.87 bits per heavy atom. The van der Waals surface area contributed by atoms with E-state index in [-0.39, 0.29) is 0 Å². The molecule has 2 nitrogen and oxygen atoms in total. The second kappa shape index (κ2) is 4.54. The molecular formula is C7H6F6O2. The summed E-state index contributed by atoms with van der Waals surface area (Å²) in [7, 11) is 0. The van der Waals surface area contributed by atoms with Crippen molar-refractivity contribution in [2.75, 3.05) is 0 Å². The third-order valence-corrected chi connectivity index (χ3v) is 1.15. The van der Waals surface area contributed by atoms with E-state index < -0.39 is 30.8 Å². The summed E-state index contributed by atoms with van der Waals surface area (Å²) >= 11 is 0. The maximum absolute atomic E-state index is 11.8. The van der Waals surface area contributed by atoms with Crippen LogP contribution in [0, 0.1) is 0 Å². The zero-order chi connectivity index (χ0) is 12.3. The van der Waals surface area contributed by atoms with Crippen LogP contribution < -0.4 is 0 Å². The van der Waals surface area contributed by atoms with Gasteiger partial charge < -0.3 is 4.74 Å². The third-order valence-electron chi connectivity index (χ3n) is 1.15. The van der Waals surface area contributed by atoms with Crippen LogP contribution in [0.3, 0.4) is 0 Å². The molecule has 0 atom stereocenters. The molecule has 0 unspecified atom stereocenters. The molecule has 0 saturated carbocycles. The minimum absolute atomic E-state index is 0.720. The smallest absolute Gasteiger partial charge is 0.434 e. The Balaban J connectivity index is 4.68. The largest absolute Gasteiger partial charge is 0.443 e. The van der Waals surface area contributed by atoms with Gasteiger partial charge in [-0.15, -0.1) is 6.58 Å². The van der Waals surface area contributed by atoms with E-state index in [1.807, 2.05) is 0 Å². The molecular weight excluding hydrogens is 230 g/mol. The summed E-state index contributed by atoms with van der Waals surface area (Å²) in [6, 6.07) is 0. The quantitative estimate of drug-likeness (QED) is 0.427. The SMILES string of the molecule is C=CCC(=O)OC(C(F)(F)F)C(F)(F)F. The third kappa shape index (κ3) is 4.71. The van der Waals surface area contributed by atoms with Crippen molar-refractivity contribution in [2.45, 2.75) is 24.9 Å². The van der Waals surface area contributed by atoms with Gasteiger partial charge in [-0.1, -0.05) is 6.08 Å². The van der Waals surface area contributed by atoms with E-state index in [1.54, 1.807) is 0 Å². The van der Waals surface area contributed by atoms with Gasteiger partial charge in [-0.2, -0.15) is 26.3 Å². The molecule has 0 aliphatic carbocycles. The van der Waals surface area contributed by atoms with E-state index in [0.29, 0.717) is 0 Å². The highest BCUT2D eigenvalue weighted by Gasteiger charge is 2.59. The molecule has 0 aliphatic rings. The first-order valence-electron chi connectivity index (χ1n) is 3.53. The van der Waals surface area contributed by atoms with Crippen molar-refractivity contribution in [2.24, 2.45) is 0 Å². The normalized spacial score (nSPS) is 12.7. The predicted molar refractivity (Wildman–Crippen MR) is 36.8 cm³/mol. The number of rotatable bonds is 3. The van der Waals surface area contributed by atoms with Crippen LogP contribution in [0.5, 0.6) is 0 Å². The number of carbonyl (C=O) groups is 1. The molecule has 0 radical (unpaired) electrons. The number of hydrogen-bond donors (Lipinski definition) is 0. The lowest BCUT2D eigenvalue weighted by Gasteiger charge is -2.22. The van der Waals surface area contributed by atoms with Gasteiger partial charge in [-0.05, 0) is 0 Å². The van der Waals surface area contributed by atoms with Gasteiger partial charge in [0.2, 0.25) is 0 Å². The van der Waals surface area contributed by atoms with E-state index >= 15 is 0 Å². The summed E-state index contributed by atoms with van der Waals surface area (Å²) in [6.07, 6.45) is -15.3. The van der Waals surface area contributed by atoms with Crippen molar-refractivity contribution in [3.05, 3.63) is 12.7 Å². The summed E-state index contributed by atoms with van der Waals surface area (Å²) in [4.78, 5) is 10.5. The van der Waals surface area contributed by atoms with Gasteiger partial charge in [0.05, 0.1) is 6.42 Å². The Bertz CT molecular complexity index is 227. The number of hydrogen-bond acceptors (Lipinski definition) is 2. The van der Waals surface area contributed by atoms with Gasteiger partial charge in [-0.3, -0.25) is 4.79 Å². The van der Waals surface area contributed by atoms with Crippen LogP contribution >= 0.6 is 0 Å². The minimum atomic E-state index is -5.67. The maximum atomic E-state index is 11.8. The number of halogens is 6. The molecule has 0 amide bonds. The van der Waals surface area contributed by atoms with E-state index in [4.69, 9.17) is 0 Å². The maximum Gasteiger partial charge on any atom is 0.434 e. The first-order valence-corrected chi connectivity index (χ1v) is 3.53. The molecule has 0 rings (SSSR count). The summed E-state index contributed by atoms with van der Waals surface area (Å²) in [5.74, 6) is -1.63. The first-order chi connectivity index (χ1) is 6.59. The Labute approximate surface area is 80.5 Å². The Morgan fingerprint density at radius 2 is 1.60 bits per heavy atom. The molecule has 0 aliphatic heterocycles. The van der Waals surface area contributed by atoms with Crippen LogP contribution in [0.15, 0.2) is 12.7 Å². The molecule has 0 aromatic heterocycles. The van der Waals surface area contributed by atoms with Crippen molar-refractivity contribution in [1.82, 2.24) is 0 Å². The van der Waals surface area contributed by atoms with Crippen molar-refractivity contribution in [3.63, 3.8) is 0 Å². The average Bonchev–Trinajstić information content (AvgIpc) is 1.96. The molecule has 0 saturated heterocycles. The zero-order valence-corrected chi connectivity index (χ0v) is 7.15. The highest BCUT2D eigenvalue weighted by Crippen LogP contribution is 2.35. The van der Waals surface area contributed by atoms with Gasteiger partial charge in [0, 0.05) is 0 Å². The number of carbonyl (C=O) groups excluding carboxylic acids is 1. The fourth-order valence-electron chi connectivity index (χ4n) is 0.617. The van der Waals surface area contributed by atoms with E-state index in [2.05, 4.69) is 11.3 Å². The van der Waals surface area contributed by atoms with Crippen LogP contribution in [0.4, 0.5) is 26.3 Å². The average molecular weight is 236 g/mol. The van der Waals surface area contributed by atoms with Crippen LogP contribution in [0.25, 0.3) is 0 Å². The van der Waals surface area contributed by atoms with Crippen molar-refractivity contribution < 1.29 is 35.9 Å². The molecule has 0 bridgehead atoms. The lowest BCUT2D eigenvalue weighted by Crippen LogP contribution is -2.45. The van der Waals surface area contributed by atoms with Gasteiger partial charge in [0.15, 0.2) is 0 Å². The lowest BCUT2D eigenvalue weighted by molar-refractivity contribution is -0.313. The minimum Gasteiger partial charge on any atom is -0.443 e. The molecule has 0 aromatic rings. The standard InChI is InChI=1S/C7H6F6O2/c1-2-3-4(14)15-5(6(8,9)10)7(11,12)13/h2,5H,1,3H2. The lowest BCUT2D eigenvalue weighted by atomic mass is 10.3. The second-order valence-corrected chi connectivity index (χ2v) is 2.45. The summed E-state index contributed by atoms with van der Waals surface area (Å²) in [6.45, 7) is 2.97. The molecule has 8 heteroatoms. The number of alkyl halides is 6. The molecule has 88 valence electrons. The molecule has 0 heterocycles. The highest BCUT2D eigenvalue weighted by atomic mass is 19.4. The van der Waals surface area contributed by atoms with Gasteiger partial charge in [0.25, 0.3) is 6.10 Å². The summed E-state index contributed by atoms with van der Waals surface area (Å²) in [5, 5.41) is 0. The van der Waals surface area contributed by atoms with Crippen molar-refractivity contribution >= 4 is 5.97 Å². The van der Waals surface area contributed by atoms with Crippen molar-refractivity contribution in [3.8, 4) is 0 Å². The summed E-state index contributed by atoms with van der Waals surface area (Å²) < 4.78 is 74.0. The monoisotopic (exact) mass is 236 g/mol. The zero-order valence-electron chi connectivity index (χ0n) is 7.15. The summed E-state index contributed by atoms with van der Waals surface area (Å²) in [5.41, 5.74) is 0. The molecule has 0 N–H and O–H groups in total. The first kappa shape index (κ1) is 13.8. The van der Waals surface area contributed by atoms with E-state index in [9.17, 15) is 31.1 Å². The predicted octanol–water partition coefficient (Wildman–Crippen LogP) is 2.60. The Kier molecular flexibility index (Phi) is 4.17. The molecule has 0 spiro atoms.